The quantitative estimate of drug-likeness (QED) is 0.833. The van der Waals surface area contributed by atoms with Crippen molar-refractivity contribution in [2.45, 2.75) is 37.5 Å². The second-order valence-electron chi connectivity index (χ2n) is 5.17. The summed E-state index contributed by atoms with van der Waals surface area (Å²) in [6.45, 7) is 0. The first-order valence-corrected chi connectivity index (χ1v) is 9.48. The predicted octanol–water partition coefficient (Wildman–Crippen LogP) is 3.06. The molecule has 19 heavy (non-hydrogen) atoms. The number of alkyl halides is 1. The van der Waals surface area contributed by atoms with Crippen LogP contribution in [-0.4, -0.2) is 19.8 Å². The van der Waals surface area contributed by atoms with E-state index in [1.165, 1.54) is 6.42 Å². The molecule has 0 spiro atoms. The molecule has 1 aromatic rings. The van der Waals surface area contributed by atoms with Crippen LogP contribution >= 0.6 is 15.9 Å². The molecule has 1 aromatic carbocycles. The molecule has 1 fully saturated rings. The summed E-state index contributed by atoms with van der Waals surface area (Å²) in [4.78, 5) is 0. The van der Waals surface area contributed by atoms with Gasteiger partial charge in [0, 0.05) is 11.4 Å². The number of hydrogen-bond acceptors (Lipinski definition) is 2. The van der Waals surface area contributed by atoms with E-state index in [-0.39, 0.29) is 11.8 Å². The van der Waals surface area contributed by atoms with Gasteiger partial charge in [0.2, 0.25) is 10.0 Å². The van der Waals surface area contributed by atoms with E-state index >= 15 is 0 Å². The monoisotopic (exact) mass is 345 g/mol. The molecule has 1 aliphatic rings. The average Bonchev–Trinajstić information content (AvgIpc) is 2.39. The maximum Gasteiger partial charge on any atom is 0.216 e. The molecular weight excluding hydrogens is 326 g/mol. The third-order valence-corrected chi connectivity index (χ3v) is 5.84. The lowest BCUT2D eigenvalue weighted by Gasteiger charge is -2.30. The van der Waals surface area contributed by atoms with E-state index in [9.17, 15) is 8.42 Å². The molecule has 106 valence electrons. The summed E-state index contributed by atoms with van der Waals surface area (Å²) < 4.78 is 27.3. The fraction of sp³-hybridized carbons (Fsp3) is 0.571. The Labute approximate surface area is 124 Å². The smallest absolute Gasteiger partial charge is 0.212 e. The molecule has 3 nitrogen and oxygen atoms in total. The fourth-order valence-corrected chi connectivity index (χ4v) is 4.87. The number of nitrogens with one attached hydrogen (secondary N) is 1. The van der Waals surface area contributed by atoms with E-state index in [2.05, 4.69) is 20.7 Å². The van der Waals surface area contributed by atoms with Gasteiger partial charge in [0.1, 0.15) is 0 Å². The summed E-state index contributed by atoms with van der Waals surface area (Å²) in [6.07, 6.45) is 4.36. The summed E-state index contributed by atoms with van der Waals surface area (Å²) in [5.74, 6) is 0.485. The summed E-state index contributed by atoms with van der Waals surface area (Å²) in [5.41, 5.74) is 0.834. The van der Waals surface area contributed by atoms with Crippen LogP contribution < -0.4 is 4.72 Å². The zero-order chi connectivity index (χ0) is 13.7. The Morgan fingerprint density at radius 3 is 2.53 bits per heavy atom. The molecule has 0 radical (unpaired) electrons. The van der Waals surface area contributed by atoms with Crippen LogP contribution in [0.15, 0.2) is 30.3 Å². The zero-order valence-electron chi connectivity index (χ0n) is 10.9. The highest BCUT2D eigenvalue weighted by atomic mass is 79.9. The number of halogens is 1. The van der Waals surface area contributed by atoms with Crippen molar-refractivity contribution in [3.63, 3.8) is 0 Å². The van der Waals surface area contributed by atoms with Crippen molar-refractivity contribution in [2.24, 2.45) is 5.92 Å². The Hall–Kier alpha value is -0.390. The summed E-state index contributed by atoms with van der Waals surface area (Å²) in [7, 11) is -3.25. The number of sulfonamides is 1. The Balaban J connectivity index is 2.00. The molecule has 2 unspecified atom stereocenters. The topological polar surface area (TPSA) is 46.2 Å². The van der Waals surface area contributed by atoms with Crippen molar-refractivity contribution in [2.75, 3.05) is 5.33 Å². The Kier molecular flexibility index (Phi) is 5.42. The van der Waals surface area contributed by atoms with Crippen LogP contribution in [0.5, 0.6) is 0 Å². The minimum absolute atomic E-state index is 0.0688. The predicted molar refractivity (Wildman–Crippen MR) is 81.7 cm³/mol. The van der Waals surface area contributed by atoms with E-state index in [0.29, 0.717) is 5.92 Å². The third kappa shape index (κ3) is 4.58. The van der Waals surface area contributed by atoms with Crippen molar-refractivity contribution in [3.8, 4) is 0 Å². The minimum atomic E-state index is -3.25. The maximum absolute atomic E-state index is 12.2. The molecule has 0 amide bonds. The molecule has 1 N–H and O–H groups in total. The van der Waals surface area contributed by atoms with Crippen molar-refractivity contribution >= 4 is 26.0 Å². The van der Waals surface area contributed by atoms with Crippen LogP contribution in [0.4, 0.5) is 0 Å². The zero-order valence-corrected chi connectivity index (χ0v) is 13.3. The van der Waals surface area contributed by atoms with E-state index in [0.717, 1.165) is 30.2 Å². The minimum Gasteiger partial charge on any atom is -0.212 e. The van der Waals surface area contributed by atoms with Crippen LogP contribution in [0.3, 0.4) is 0 Å². The second-order valence-corrected chi connectivity index (χ2v) is 7.57. The Bertz CT molecular complexity index is 489. The fourth-order valence-electron chi connectivity index (χ4n) is 2.61. The summed E-state index contributed by atoms with van der Waals surface area (Å²) >= 11 is 3.49. The number of benzene rings is 1. The Morgan fingerprint density at radius 2 is 1.84 bits per heavy atom. The van der Waals surface area contributed by atoms with Gasteiger partial charge in [-0.15, -0.1) is 0 Å². The number of hydrogen-bond donors (Lipinski definition) is 1. The van der Waals surface area contributed by atoms with Gasteiger partial charge in [-0.25, -0.2) is 13.1 Å². The van der Waals surface area contributed by atoms with Crippen LogP contribution in [-0.2, 0) is 15.8 Å². The van der Waals surface area contributed by atoms with E-state index in [1.54, 1.807) is 0 Å². The van der Waals surface area contributed by atoms with Gasteiger partial charge in [0.25, 0.3) is 0 Å². The molecule has 5 heteroatoms. The van der Waals surface area contributed by atoms with Crippen molar-refractivity contribution in [3.05, 3.63) is 35.9 Å². The maximum atomic E-state index is 12.2. The lowest BCUT2D eigenvalue weighted by atomic mass is 9.87. The molecule has 1 saturated carbocycles. The highest BCUT2D eigenvalue weighted by molar-refractivity contribution is 9.09. The highest BCUT2D eigenvalue weighted by Gasteiger charge is 2.27. The standard InChI is InChI=1S/C14H20BrNO2S/c15-10-13-8-4-5-9-14(13)16-19(17,18)11-12-6-2-1-3-7-12/h1-3,6-7,13-14,16H,4-5,8-11H2. The van der Waals surface area contributed by atoms with Gasteiger partial charge in [-0.2, -0.15) is 0 Å². The van der Waals surface area contributed by atoms with Gasteiger partial charge in [-0.05, 0) is 24.3 Å². The van der Waals surface area contributed by atoms with Gasteiger partial charge in [-0.1, -0.05) is 59.1 Å². The lowest BCUT2D eigenvalue weighted by Crippen LogP contribution is -2.43. The van der Waals surface area contributed by atoms with Crippen LogP contribution in [0.2, 0.25) is 0 Å². The first-order chi connectivity index (χ1) is 9.11. The van der Waals surface area contributed by atoms with E-state index in [1.807, 2.05) is 30.3 Å². The Morgan fingerprint density at radius 1 is 1.16 bits per heavy atom. The summed E-state index contributed by atoms with van der Waals surface area (Å²) in [5, 5.41) is 0.867. The highest BCUT2D eigenvalue weighted by Crippen LogP contribution is 2.26. The van der Waals surface area contributed by atoms with Gasteiger partial charge in [0.15, 0.2) is 0 Å². The number of rotatable bonds is 5. The van der Waals surface area contributed by atoms with E-state index < -0.39 is 10.0 Å². The average molecular weight is 346 g/mol. The molecule has 2 atom stereocenters. The first kappa shape index (κ1) is 15.0. The van der Waals surface area contributed by atoms with E-state index in [4.69, 9.17) is 0 Å². The molecule has 1 aliphatic carbocycles. The van der Waals surface area contributed by atoms with Crippen LogP contribution in [0, 0.1) is 5.92 Å². The van der Waals surface area contributed by atoms with Crippen molar-refractivity contribution < 1.29 is 8.42 Å². The molecule has 0 bridgehead atoms. The third-order valence-electron chi connectivity index (χ3n) is 3.64. The molecule has 0 saturated heterocycles. The largest absolute Gasteiger partial charge is 0.216 e. The first-order valence-electron chi connectivity index (χ1n) is 6.70. The lowest BCUT2D eigenvalue weighted by molar-refractivity contribution is 0.316. The van der Waals surface area contributed by atoms with Gasteiger partial charge < -0.3 is 0 Å². The summed E-state index contributed by atoms with van der Waals surface area (Å²) in [6, 6.07) is 9.41. The SMILES string of the molecule is O=S(=O)(Cc1ccccc1)NC1CCCCC1CBr. The van der Waals surface area contributed by atoms with Crippen molar-refractivity contribution in [1.82, 2.24) is 4.72 Å². The van der Waals surface area contributed by atoms with Gasteiger partial charge >= 0.3 is 0 Å². The normalized spacial score (nSPS) is 24.3. The van der Waals surface area contributed by atoms with Gasteiger partial charge in [0.05, 0.1) is 5.75 Å². The molecule has 2 rings (SSSR count). The second kappa shape index (κ2) is 6.86. The molecule has 0 heterocycles. The molecule has 0 aromatic heterocycles. The van der Waals surface area contributed by atoms with Crippen LogP contribution in [0.1, 0.15) is 31.2 Å². The molecular formula is C14H20BrNO2S. The van der Waals surface area contributed by atoms with Crippen LogP contribution in [0.25, 0.3) is 0 Å². The molecule has 0 aliphatic heterocycles. The van der Waals surface area contributed by atoms with Crippen molar-refractivity contribution in [1.29, 1.82) is 0 Å². The van der Waals surface area contributed by atoms with Gasteiger partial charge in [-0.3, -0.25) is 0 Å².